The molecule has 28 heavy (non-hydrogen) atoms. The van der Waals surface area contributed by atoms with E-state index in [-0.39, 0.29) is 12.7 Å². The van der Waals surface area contributed by atoms with Crippen LogP contribution < -0.4 is 14.8 Å². The van der Waals surface area contributed by atoms with Crippen molar-refractivity contribution in [2.75, 3.05) is 25.7 Å². The second-order valence-electron chi connectivity index (χ2n) is 6.49. The Morgan fingerprint density at radius 3 is 2.71 bits per heavy atom. The maximum absolute atomic E-state index is 12.7. The van der Waals surface area contributed by atoms with Crippen molar-refractivity contribution in [2.45, 2.75) is 6.42 Å². The number of pyridine rings is 2. The molecule has 3 aromatic rings. The number of carbonyl (C=O) groups excluding carboxylic acids is 1. The first-order valence-corrected chi connectivity index (χ1v) is 8.95. The molecule has 0 radical (unpaired) electrons. The fraction of sp³-hybridized carbons (Fsp3) is 0.190. The van der Waals surface area contributed by atoms with Crippen LogP contribution in [0.4, 0.5) is 11.4 Å². The van der Waals surface area contributed by atoms with E-state index in [0.29, 0.717) is 17.9 Å². The van der Waals surface area contributed by atoms with Crippen molar-refractivity contribution in [3.63, 3.8) is 0 Å². The van der Waals surface area contributed by atoms with Crippen LogP contribution >= 0.6 is 0 Å². The van der Waals surface area contributed by atoms with E-state index in [1.54, 1.807) is 42.8 Å². The second-order valence-corrected chi connectivity index (χ2v) is 6.49. The third kappa shape index (κ3) is 4.03. The number of fused-ring (bicyclic) bond motifs is 1. The lowest BCUT2D eigenvalue weighted by atomic mass is 10.2. The van der Waals surface area contributed by atoms with Crippen molar-refractivity contribution in [3.8, 4) is 11.5 Å². The average Bonchev–Trinajstić information content (AvgIpc) is 3.20. The summed E-state index contributed by atoms with van der Waals surface area (Å²) in [4.78, 5) is 22.6. The molecule has 7 nitrogen and oxygen atoms in total. The Morgan fingerprint density at radius 1 is 1.04 bits per heavy atom. The van der Waals surface area contributed by atoms with Crippen LogP contribution in [0.3, 0.4) is 0 Å². The number of amides is 1. The van der Waals surface area contributed by atoms with Gasteiger partial charge in [-0.1, -0.05) is 0 Å². The van der Waals surface area contributed by atoms with E-state index < -0.39 is 0 Å². The van der Waals surface area contributed by atoms with E-state index >= 15 is 0 Å². The van der Waals surface area contributed by atoms with E-state index in [1.165, 1.54) is 0 Å². The van der Waals surface area contributed by atoms with Gasteiger partial charge in [-0.05, 0) is 42.3 Å². The van der Waals surface area contributed by atoms with Crippen molar-refractivity contribution < 1.29 is 14.3 Å². The SMILES string of the molecule is CN(CCc1ccncc1)C(=O)c1cncc(Nc2ccc3c(c2)OCO3)c1. The zero-order valence-electron chi connectivity index (χ0n) is 15.5. The lowest BCUT2D eigenvalue weighted by molar-refractivity contribution is 0.0796. The Morgan fingerprint density at radius 2 is 1.86 bits per heavy atom. The minimum absolute atomic E-state index is 0.0732. The number of carbonyl (C=O) groups is 1. The lowest BCUT2D eigenvalue weighted by Crippen LogP contribution is -2.29. The highest BCUT2D eigenvalue weighted by Crippen LogP contribution is 2.35. The van der Waals surface area contributed by atoms with Gasteiger partial charge in [-0.25, -0.2) is 0 Å². The molecular formula is C21H20N4O3. The van der Waals surface area contributed by atoms with E-state index in [0.717, 1.165) is 29.1 Å². The molecule has 142 valence electrons. The third-order valence-electron chi connectivity index (χ3n) is 4.48. The Kier molecular flexibility index (Phi) is 5.05. The Balaban J connectivity index is 1.41. The van der Waals surface area contributed by atoms with Crippen LogP contribution in [-0.2, 0) is 6.42 Å². The lowest BCUT2D eigenvalue weighted by Gasteiger charge is -2.17. The summed E-state index contributed by atoms with van der Waals surface area (Å²) in [6.45, 7) is 0.846. The second kappa shape index (κ2) is 7.96. The van der Waals surface area contributed by atoms with Crippen LogP contribution in [0.2, 0.25) is 0 Å². The minimum atomic E-state index is -0.0732. The molecule has 1 aromatic carbocycles. The quantitative estimate of drug-likeness (QED) is 0.712. The third-order valence-corrected chi connectivity index (χ3v) is 4.48. The molecule has 1 N–H and O–H groups in total. The van der Waals surface area contributed by atoms with Gasteiger partial charge >= 0.3 is 0 Å². The van der Waals surface area contributed by atoms with E-state index in [2.05, 4.69) is 15.3 Å². The molecule has 0 bridgehead atoms. The Labute approximate surface area is 163 Å². The summed E-state index contributed by atoms with van der Waals surface area (Å²) < 4.78 is 10.7. The number of rotatable bonds is 6. The molecule has 0 aliphatic carbocycles. The molecule has 0 saturated heterocycles. The normalized spacial score (nSPS) is 11.9. The number of anilines is 2. The predicted octanol–water partition coefficient (Wildman–Crippen LogP) is 3.26. The first kappa shape index (κ1) is 17.8. The Bertz CT molecular complexity index is 978. The Hall–Kier alpha value is -3.61. The van der Waals surface area contributed by atoms with Gasteiger partial charge in [0.25, 0.3) is 5.91 Å². The summed E-state index contributed by atoms with van der Waals surface area (Å²) in [5.41, 5.74) is 3.24. The van der Waals surface area contributed by atoms with Gasteiger partial charge in [0.15, 0.2) is 11.5 Å². The minimum Gasteiger partial charge on any atom is -0.454 e. The smallest absolute Gasteiger partial charge is 0.255 e. The van der Waals surface area contributed by atoms with Crippen molar-refractivity contribution in [2.24, 2.45) is 0 Å². The molecule has 0 saturated carbocycles. The fourth-order valence-electron chi connectivity index (χ4n) is 2.93. The van der Waals surface area contributed by atoms with Gasteiger partial charge in [0.1, 0.15) is 0 Å². The fourth-order valence-corrected chi connectivity index (χ4v) is 2.93. The topological polar surface area (TPSA) is 76.6 Å². The highest BCUT2D eigenvalue weighted by atomic mass is 16.7. The van der Waals surface area contributed by atoms with Crippen molar-refractivity contribution in [1.82, 2.24) is 14.9 Å². The first-order chi connectivity index (χ1) is 13.7. The standard InChI is InChI=1S/C21H20N4O3/c1-25(9-6-15-4-7-22-8-5-15)21(26)16-10-18(13-23-12-16)24-17-2-3-19-20(11-17)28-14-27-19/h2-5,7-8,10-13,24H,6,9,14H2,1H3. The number of benzene rings is 1. The van der Waals surface area contributed by atoms with Crippen molar-refractivity contribution in [1.29, 1.82) is 0 Å². The zero-order valence-corrected chi connectivity index (χ0v) is 15.5. The van der Waals surface area contributed by atoms with Crippen LogP contribution in [0.5, 0.6) is 11.5 Å². The molecule has 0 spiro atoms. The highest BCUT2D eigenvalue weighted by Gasteiger charge is 2.15. The molecule has 1 aliphatic heterocycles. The molecule has 7 heteroatoms. The van der Waals surface area contributed by atoms with E-state index in [9.17, 15) is 4.79 Å². The molecule has 1 amide bonds. The molecule has 0 fully saturated rings. The van der Waals surface area contributed by atoms with Crippen LogP contribution in [0.15, 0.2) is 61.2 Å². The number of aromatic nitrogens is 2. The number of ether oxygens (including phenoxy) is 2. The highest BCUT2D eigenvalue weighted by molar-refractivity contribution is 5.94. The molecule has 0 unspecified atom stereocenters. The molecule has 2 aromatic heterocycles. The maximum atomic E-state index is 12.7. The van der Waals surface area contributed by atoms with Crippen LogP contribution in [0.1, 0.15) is 15.9 Å². The van der Waals surface area contributed by atoms with Gasteiger partial charge in [0, 0.05) is 43.9 Å². The summed E-state index contributed by atoms with van der Waals surface area (Å²) in [7, 11) is 1.79. The van der Waals surface area contributed by atoms with Crippen LogP contribution in [0, 0.1) is 0 Å². The first-order valence-electron chi connectivity index (χ1n) is 8.95. The average molecular weight is 376 g/mol. The van der Waals surface area contributed by atoms with Crippen molar-refractivity contribution in [3.05, 3.63) is 72.3 Å². The monoisotopic (exact) mass is 376 g/mol. The molecule has 0 atom stereocenters. The largest absolute Gasteiger partial charge is 0.454 e. The summed E-state index contributed by atoms with van der Waals surface area (Å²) in [5.74, 6) is 1.35. The number of nitrogens with one attached hydrogen (secondary N) is 1. The van der Waals surface area contributed by atoms with Gasteiger partial charge in [0.2, 0.25) is 6.79 Å². The van der Waals surface area contributed by atoms with Gasteiger partial charge in [0.05, 0.1) is 17.4 Å². The van der Waals surface area contributed by atoms with E-state index in [1.807, 2.05) is 30.3 Å². The van der Waals surface area contributed by atoms with Crippen molar-refractivity contribution >= 4 is 17.3 Å². The molecule has 3 heterocycles. The summed E-state index contributed by atoms with van der Waals surface area (Å²) in [5, 5.41) is 3.25. The van der Waals surface area contributed by atoms with Gasteiger partial charge < -0.3 is 19.7 Å². The van der Waals surface area contributed by atoms with Gasteiger partial charge in [-0.2, -0.15) is 0 Å². The number of likely N-dealkylation sites (N-methyl/N-ethyl adjacent to an activating group) is 1. The number of hydrogen-bond acceptors (Lipinski definition) is 6. The summed E-state index contributed by atoms with van der Waals surface area (Å²) in [6, 6.07) is 11.3. The van der Waals surface area contributed by atoms with Gasteiger partial charge in [-0.3, -0.25) is 14.8 Å². The van der Waals surface area contributed by atoms with Crippen LogP contribution in [0.25, 0.3) is 0 Å². The zero-order chi connectivity index (χ0) is 19.3. The molecule has 4 rings (SSSR count). The maximum Gasteiger partial charge on any atom is 0.255 e. The predicted molar refractivity (Wildman–Crippen MR) is 105 cm³/mol. The summed E-state index contributed by atoms with van der Waals surface area (Å²) in [6.07, 6.45) is 7.54. The van der Waals surface area contributed by atoms with E-state index in [4.69, 9.17) is 9.47 Å². The number of nitrogens with zero attached hydrogens (tertiary/aromatic N) is 3. The molecular weight excluding hydrogens is 356 g/mol. The molecule has 1 aliphatic rings. The summed E-state index contributed by atoms with van der Waals surface area (Å²) >= 11 is 0. The van der Waals surface area contributed by atoms with Crippen LogP contribution in [-0.4, -0.2) is 41.2 Å². The van der Waals surface area contributed by atoms with Gasteiger partial charge in [-0.15, -0.1) is 0 Å². The number of hydrogen-bond donors (Lipinski definition) is 1.